The van der Waals surface area contributed by atoms with Crippen LogP contribution in [0.4, 0.5) is 0 Å². The van der Waals surface area contributed by atoms with Gasteiger partial charge in [-0.05, 0) is 45.4 Å². The zero-order valence-electron chi connectivity index (χ0n) is 11.0. The molecule has 1 fully saturated rings. The van der Waals surface area contributed by atoms with Crippen LogP contribution in [-0.2, 0) is 14.3 Å². The molecular weight excluding hydrogens is 232 g/mol. The summed E-state index contributed by atoms with van der Waals surface area (Å²) in [5.41, 5.74) is 1.61. The molecule has 0 aromatic heterocycles. The lowest BCUT2D eigenvalue weighted by molar-refractivity contribution is -0.143. The fourth-order valence-corrected chi connectivity index (χ4v) is 2.36. The zero-order valence-corrected chi connectivity index (χ0v) is 11.0. The lowest BCUT2D eigenvalue weighted by Gasteiger charge is -2.17. The lowest BCUT2D eigenvalue weighted by atomic mass is 9.89. The van der Waals surface area contributed by atoms with E-state index < -0.39 is 5.97 Å². The summed E-state index contributed by atoms with van der Waals surface area (Å²) in [6.07, 6.45) is 6.51. The van der Waals surface area contributed by atoms with Crippen molar-refractivity contribution < 1.29 is 19.4 Å². The molecule has 1 N–H and O–H groups in total. The second-order valence-corrected chi connectivity index (χ2v) is 4.61. The Morgan fingerprint density at radius 3 is 2.39 bits per heavy atom. The number of carboxylic acid groups (broad SMARTS) is 1. The quantitative estimate of drug-likeness (QED) is 0.584. The third-order valence-corrected chi connectivity index (χ3v) is 3.26. The number of ether oxygens (including phenoxy) is 1. The molecule has 102 valence electrons. The van der Waals surface area contributed by atoms with Crippen molar-refractivity contribution in [3.63, 3.8) is 0 Å². The molecule has 0 atom stereocenters. The van der Waals surface area contributed by atoms with Gasteiger partial charge in [0.1, 0.15) is 0 Å². The summed E-state index contributed by atoms with van der Waals surface area (Å²) >= 11 is 0. The predicted molar refractivity (Wildman–Crippen MR) is 68.2 cm³/mol. The molecule has 0 bridgehead atoms. The molecule has 0 amide bonds. The topological polar surface area (TPSA) is 63.6 Å². The van der Waals surface area contributed by atoms with Gasteiger partial charge in [-0.3, -0.25) is 4.79 Å². The second kappa shape index (κ2) is 7.90. The summed E-state index contributed by atoms with van der Waals surface area (Å²) in [6, 6.07) is 0. The first-order valence-electron chi connectivity index (χ1n) is 6.75. The Morgan fingerprint density at radius 2 is 1.83 bits per heavy atom. The molecule has 1 aliphatic rings. The molecule has 0 aromatic carbocycles. The van der Waals surface area contributed by atoms with Gasteiger partial charge in [0.15, 0.2) is 0 Å². The van der Waals surface area contributed by atoms with E-state index in [0.29, 0.717) is 31.4 Å². The number of aliphatic carboxylic acids is 1. The molecule has 0 heterocycles. The lowest BCUT2D eigenvalue weighted by Crippen LogP contribution is -2.09. The van der Waals surface area contributed by atoms with Crippen molar-refractivity contribution in [1.82, 2.24) is 0 Å². The van der Waals surface area contributed by atoms with Crippen LogP contribution < -0.4 is 0 Å². The van der Waals surface area contributed by atoms with Gasteiger partial charge < -0.3 is 9.84 Å². The van der Waals surface area contributed by atoms with E-state index >= 15 is 0 Å². The SMILES string of the molecule is CCOC(=O)CCCC(C(=O)O)=C1CCCCC1. The third-order valence-electron chi connectivity index (χ3n) is 3.26. The van der Waals surface area contributed by atoms with Gasteiger partial charge in [0.05, 0.1) is 6.61 Å². The number of carbonyl (C=O) groups excluding carboxylic acids is 1. The first kappa shape index (κ1) is 14.7. The minimum atomic E-state index is -0.823. The smallest absolute Gasteiger partial charge is 0.331 e. The van der Waals surface area contributed by atoms with E-state index in [1.165, 1.54) is 6.42 Å². The Labute approximate surface area is 108 Å². The summed E-state index contributed by atoms with van der Waals surface area (Å²) in [5.74, 6) is -1.06. The molecule has 1 saturated carbocycles. The molecule has 0 unspecified atom stereocenters. The average molecular weight is 254 g/mol. The number of rotatable bonds is 6. The predicted octanol–water partition coefficient (Wildman–Crippen LogP) is 3.07. The van der Waals surface area contributed by atoms with Crippen molar-refractivity contribution in [3.8, 4) is 0 Å². The Bertz CT molecular complexity index is 323. The Hall–Kier alpha value is -1.32. The van der Waals surface area contributed by atoms with Crippen molar-refractivity contribution in [2.24, 2.45) is 0 Å². The molecule has 4 nitrogen and oxygen atoms in total. The van der Waals surface area contributed by atoms with Crippen LogP contribution in [0.1, 0.15) is 58.3 Å². The first-order valence-corrected chi connectivity index (χ1v) is 6.75. The summed E-state index contributed by atoms with van der Waals surface area (Å²) in [7, 11) is 0. The monoisotopic (exact) mass is 254 g/mol. The van der Waals surface area contributed by atoms with E-state index in [4.69, 9.17) is 4.74 Å². The van der Waals surface area contributed by atoms with Crippen LogP contribution in [0.15, 0.2) is 11.1 Å². The highest BCUT2D eigenvalue weighted by Gasteiger charge is 2.17. The Morgan fingerprint density at radius 1 is 1.17 bits per heavy atom. The maximum absolute atomic E-state index is 11.2. The highest BCUT2D eigenvalue weighted by Crippen LogP contribution is 2.28. The number of hydrogen-bond acceptors (Lipinski definition) is 3. The zero-order chi connectivity index (χ0) is 13.4. The van der Waals surface area contributed by atoms with Crippen LogP contribution in [0.5, 0.6) is 0 Å². The number of esters is 1. The van der Waals surface area contributed by atoms with Crippen molar-refractivity contribution in [2.75, 3.05) is 6.61 Å². The summed E-state index contributed by atoms with van der Waals surface area (Å²) in [4.78, 5) is 22.4. The van der Waals surface area contributed by atoms with Gasteiger partial charge in [0.25, 0.3) is 0 Å². The van der Waals surface area contributed by atoms with E-state index in [1.54, 1.807) is 6.92 Å². The largest absolute Gasteiger partial charge is 0.478 e. The average Bonchev–Trinajstić information content (AvgIpc) is 2.35. The minimum Gasteiger partial charge on any atom is -0.478 e. The highest BCUT2D eigenvalue weighted by atomic mass is 16.5. The molecule has 1 rings (SSSR count). The van der Waals surface area contributed by atoms with Gasteiger partial charge in [-0.1, -0.05) is 12.0 Å². The number of carbonyl (C=O) groups is 2. The number of carboxylic acids is 1. The number of allylic oxidation sites excluding steroid dienone is 1. The van der Waals surface area contributed by atoms with Gasteiger partial charge in [0.2, 0.25) is 0 Å². The van der Waals surface area contributed by atoms with E-state index in [2.05, 4.69) is 0 Å². The van der Waals surface area contributed by atoms with E-state index in [-0.39, 0.29) is 5.97 Å². The molecular formula is C14H22O4. The molecule has 0 aromatic rings. The van der Waals surface area contributed by atoms with Crippen molar-refractivity contribution >= 4 is 11.9 Å². The van der Waals surface area contributed by atoms with E-state index in [1.807, 2.05) is 0 Å². The van der Waals surface area contributed by atoms with E-state index in [9.17, 15) is 14.7 Å². The summed E-state index contributed by atoms with van der Waals surface area (Å²) in [6.45, 7) is 2.15. The van der Waals surface area contributed by atoms with Crippen molar-refractivity contribution in [3.05, 3.63) is 11.1 Å². The molecule has 0 spiro atoms. The third kappa shape index (κ3) is 4.90. The fourth-order valence-electron chi connectivity index (χ4n) is 2.36. The van der Waals surface area contributed by atoms with Crippen molar-refractivity contribution in [1.29, 1.82) is 0 Å². The van der Waals surface area contributed by atoms with Gasteiger partial charge >= 0.3 is 11.9 Å². The first-order chi connectivity index (χ1) is 8.65. The minimum absolute atomic E-state index is 0.240. The van der Waals surface area contributed by atoms with Gasteiger partial charge in [-0.2, -0.15) is 0 Å². The van der Waals surface area contributed by atoms with Crippen LogP contribution in [0, 0.1) is 0 Å². The molecule has 0 saturated heterocycles. The van der Waals surface area contributed by atoms with Gasteiger partial charge in [0, 0.05) is 12.0 Å². The summed E-state index contributed by atoms with van der Waals surface area (Å²) in [5, 5.41) is 9.22. The molecule has 0 radical (unpaired) electrons. The fraction of sp³-hybridized carbons (Fsp3) is 0.714. The number of hydrogen-bond donors (Lipinski definition) is 1. The van der Waals surface area contributed by atoms with Crippen LogP contribution >= 0.6 is 0 Å². The van der Waals surface area contributed by atoms with Crippen LogP contribution in [0.3, 0.4) is 0 Å². The summed E-state index contributed by atoms with van der Waals surface area (Å²) < 4.78 is 4.83. The molecule has 0 aliphatic heterocycles. The van der Waals surface area contributed by atoms with Gasteiger partial charge in [-0.15, -0.1) is 0 Å². The molecule has 1 aliphatic carbocycles. The second-order valence-electron chi connectivity index (χ2n) is 4.61. The van der Waals surface area contributed by atoms with Gasteiger partial charge in [-0.25, -0.2) is 4.79 Å². The maximum Gasteiger partial charge on any atom is 0.331 e. The Kier molecular flexibility index (Phi) is 6.47. The van der Waals surface area contributed by atoms with Crippen molar-refractivity contribution in [2.45, 2.75) is 58.3 Å². The van der Waals surface area contributed by atoms with Crippen LogP contribution in [0.2, 0.25) is 0 Å². The highest BCUT2D eigenvalue weighted by molar-refractivity contribution is 5.87. The van der Waals surface area contributed by atoms with E-state index in [0.717, 1.165) is 31.3 Å². The van der Waals surface area contributed by atoms with Crippen LogP contribution in [-0.4, -0.2) is 23.7 Å². The molecule has 18 heavy (non-hydrogen) atoms. The Balaban J connectivity index is 2.48. The molecule has 4 heteroatoms. The normalized spacial score (nSPS) is 15.3. The standard InChI is InChI=1S/C14H22O4/c1-2-18-13(15)10-6-9-12(14(16)17)11-7-4-3-5-8-11/h2-10H2,1H3,(H,16,17). The maximum atomic E-state index is 11.2. The van der Waals surface area contributed by atoms with Crippen LogP contribution in [0.25, 0.3) is 0 Å².